The molecule has 0 fully saturated rings. The summed E-state index contributed by atoms with van der Waals surface area (Å²) in [5, 5.41) is 4.12. The van der Waals surface area contributed by atoms with Crippen LogP contribution in [0.5, 0.6) is 0 Å². The van der Waals surface area contributed by atoms with Gasteiger partial charge in [0.05, 0.1) is 6.54 Å². The third kappa shape index (κ3) is 2.59. The van der Waals surface area contributed by atoms with Crippen molar-refractivity contribution in [3.63, 3.8) is 0 Å². The zero-order valence-electron chi connectivity index (χ0n) is 10.6. The van der Waals surface area contributed by atoms with Crippen molar-refractivity contribution in [3.05, 3.63) is 33.7 Å². The molecular formula is C14H17BrFNO. The fourth-order valence-corrected chi connectivity index (χ4v) is 2.56. The number of halogens is 2. The van der Waals surface area contributed by atoms with Gasteiger partial charge in [-0.25, -0.2) is 4.39 Å². The summed E-state index contributed by atoms with van der Waals surface area (Å²) in [6.07, 6.45) is 1.92. The number of aryl methyl sites for hydroxylation is 1. The Labute approximate surface area is 115 Å². The Balaban J connectivity index is 2.55. The first-order chi connectivity index (χ1) is 8.67. The van der Waals surface area contributed by atoms with Gasteiger partial charge < -0.3 is 9.73 Å². The van der Waals surface area contributed by atoms with Crippen molar-refractivity contribution < 1.29 is 8.81 Å². The standard InChI is InChI=1S/C14H17BrFNO/c1-3-5-10-11-6-9(15)7-12(16)14(11)18-13(10)8-17-4-2/h6-7,17H,3-5,8H2,1-2H3. The molecule has 0 atom stereocenters. The maximum atomic E-state index is 13.9. The van der Waals surface area contributed by atoms with Crippen molar-refractivity contribution in [1.82, 2.24) is 5.32 Å². The van der Waals surface area contributed by atoms with E-state index >= 15 is 0 Å². The zero-order chi connectivity index (χ0) is 13.1. The SMILES string of the molecule is CCCc1c(CNCC)oc2c(F)cc(Br)cc12. The predicted molar refractivity (Wildman–Crippen MR) is 75.2 cm³/mol. The van der Waals surface area contributed by atoms with Crippen LogP contribution in [0, 0.1) is 5.82 Å². The number of rotatable bonds is 5. The molecule has 0 unspecified atom stereocenters. The molecule has 2 rings (SSSR count). The molecule has 0 spiro atoms. The van der Waals surface area contributed by atoms with Crippen LogP contribution in [0.25, 0.3) is 11.0 Å². The molecule has 18 heavy (non-hydrogen) atoms. The van der Waals surface area contributed by atoms with Crippen molar-refractivity contribution in [1.29, 1.82) is 0 Å². The molecule has 1 aromatic carbocycles. The van der Waals surface area contributed by atoms with Crippen LogP contribution in [0.1, 0.15) is 31.6 Å². The van der Waals surface area contributed by atoms with Crippen molar-refractivity contribution in [3.8, 4) is 0 Å². The molecule has 4 heteroatoms. The Morgan fingerprint density at radius 3 is 2.78 bits per heavy atom. The smallest absolute Gasteiger partial charge is 0.170 e. The lowest BCUT2D eigenvalue weighted by molar-refractivity contribution is 0.494. The van der Waals surface area contributed by atoms with E-state index in [4.69, 9.17) is 4.42 Å². The monoisotopic (exact) mass is 313 g/mol. The second-order valence-electron chi connectivity index (χ2n) is 4.30. The van der Waals surface area contributed by atoms with Gasteiger partial charge in [-0.15, -0.1) is 0 Å². The summed E-state index contributed by atoms with van der Waals surface area (Å²) in [6, 6.07) is 3.38. The lowest BCUT2D eigenvalue weighted by atomic mass is 10.1. The van der Waals surface area contributed by atoms with E-state index in [0.717, 1.165) is 40.6 Å². The molecule has 0 bridgehead atoms. The number of hydrogen-bond acceptors (Lipinski definition) is 2. The van der Waals surface area contributed by atoms with Gasteiger partial charge in [-0.3, -0.25) is 0 Å². The van der Waals surface area contributed by atoms with Gasteiger partial charge in [-0.2, -0.15) is 0 Å². The number of hydrogen-bond donors (Lipinski definition) is 1. The van der Waals surface area contributed by atoms with Crippen LogP contribution in [0.4, 0.5) is 4.39 Å². The average Bonchev–Trinajstić information content (AvgIpc) is 2.66. The van der Waals surface area contributed by atoms with Gasteiger partial charge in [0.15, 0.2) is 11.4 Å². The van der Waals surface area contributed by atoms with Crippen molar-refractivity contribution >= 4 is 26.9 Å². The summed E-state index contributed by atoms with van der Waals surface area (Å²) in [7, 11) is 0. The molecule has 2 nitrogen and oxygen atoms in total. The Hall–Kier alpha value is -0.870. The second kappa shape index (κ2) is 5.85. The van der Waals surface area contributed by atoms with E-state index in [9.17, 15) is 4.39 Å². The van der Waals surface area contributed by atoms with Crippen LogP contribution in [-0.2, 0) is 13.0 Å². The highest BCUT2D eigenvalue weighted by atomic mass is 79.9. The molecule has 0 aliphatic rings. The molecule has 1 N–H and O–H groups in total. The van der Waals surface area contributed by atoms with E-state index in [0.29, 0.717) is 12.1 Å². The maximum Gasteiger partial charge on any atom is 0.170 e. The highest BCUT2D eigenvalue weighted by Crippen LogP contribution is 2.31. The molecule has 98 valence electrons. The summed E-state index contributed by atoms with van der Waals surface area (Å²) in [5.41, 5.74) is 1.49. The van der Waals surface area contributed by atoms with Gasteiger partial charge in [0.25, 0.3) is 0 Å². The van der Waals surface area contributed by atoms with E-state index < -0.39 is 0 Å². The van der Waals surface area contributed by atoms with E-state index in [1.54, 1.807) is 0 Å². The van der Waals surface area contributed by atoms with Crippen LogP contribution in [0.15, 0.2) is 21.0 Å². The van der Waals surface area contributed by atoms with Crippen LogP contribution in [-0.4, -0.2) is 6.54 Å². The van der Waals surface area contributed by atoms with Crippen LogP contribution in [0.3, 0.4) is 0 Å². The molecule has 0 radical (unpaired) electrons. The Bertz CT molecular complexity index is 550. The number of nitrogens with one attached hydrogen (secondary N) is 1. The van der Waals surface area contributed by atoms with Gasteiger partial charge in [-0.05, 0) is 25.1 Å². The molecule has 1 aromatic heterocycles. The highest BCUT2D eigenvalue weighted by Gasteiger charge is 2.16. The molecule has 2 aromatic rings. The topological polar surface area (TPSA) is 25.2 Å². The van der Waals surface area contributed by atoms with E-state index in [2.05, 4.69) is 28.2 Å². The van der Waals surface area contributed by atoms with Gasteiger partial charge in [0, 0.05) is 15.4 Å². The fourth-order valence-electron chi connectivity index (χ4n) is 2.13. The molecule has 1 heterocycles. The van der Waals surface area contributed by atoms with Crippen LogP contribution < -0.4 is 5.32 Å². The van der Waals surface area contributed by atoms with E-state index in [1.807, 2.05) is 13.0 Å². The Morgan fingerprint density at radius 2 is 2.11 bits per heavy atom. The third-order valence-corrected chi connectivity index (χ3v) is 3.39. The summed E-state index contributed by atoms with van der Waals surface area (Å²) >= 11 is 3.33. The van der Waals surface area contributed by atoms with Crippen molar-refractivity contribution in [2.75, 3.05) is 6.54 Å². The molecule has 0 aliphatic carbocycles. The zero-order valence-corrected chi connectivity index (χ0v) is 12.2. The van der Waals surface area contributed by atoms with Crippen molar-refractivity contribution in [2.45, 2.75) is 33.2 Å². The molecule has 0 amide bonds. The Kier molecular flexibility index (Phi) is 4.40. The number of fused-ring (bicyclic) bond motifs is 1. The predicted octanol–water partition coefficient (Wildman–Crippen LogP) is 4.40. The van der Waals surface area contributed by atoms with Crippen LogP contribution >= 0.6 is 15.9 Å². The summed E-state index contributed by atoms with van der Waals surface area (Å²) in [5.74, 6) is 0.546. The summed E-state index contributed by atoms with van der Waals surface area (Å²) in [4.78, 5) is 0. The maximum absolute atomic E-state index is 13.9. The van der Waals surface area contributed by atoms with E-state index in [-0.39, 0.29) is 5.82 Å². The van der Waals surface area contributed by atoms with Gasteiger partial charge >= 0.3 is 0 Å². The van der Waals surface area contributed by atoms with E-state index in [1.165, 1.54) is 6.07 Å². The fraction of sp³-hybridized carbons (Fsp3) is 0.429. The highest BCUT2D eigenvalue weighted by molar-refractivity contribution is 9.10. The second-order valence-corrected chi connectivity index (χ2v) is 5.21. The van der Waals surface area contributed by atoms with Gasteiger partial charge in [-0.1, -0.05) is 36.2 Å². The minimum atomic E-state index is -0.306. The third-order valence-electron chi connectivity index (χ3n) is 2.93. The number of benzene rings is 1. The lowest BCUT2D eigenvalue weighted by Gasteiger charge is -2.02. The first-order valence-electron chi connectivity index (χ1n) is 6.27. The molecule has 0 saturated carbocycles. The summed E-state index contributed by atoms with van der Waals surface area (Å²) in [6.45, 7) is 5.68. The Morgan fingerprint density at radius 1 is 1.33 bits per heavy atom. The minimum Gasteiger partial charge on any atom is -0.456 e. The molecule has 0 aliphatic heterocycles. The van der Waals surface area contributed by atoms with Gasteiger partial charge in [0.1, 0.15) is 5.76 Å². The molecular weight excluding hydrogens is 297 g/mol. The molecule has 0 saturated heterocycles. The first-order valence-corrected chi connectivity index (χ1v) is 7.06. The van der Waals surface area contributed by atoms with Crippen molar-refractivity contribution in [2.24, 2.45) is 0 Å². The number of furan rings is 1. The largest absolute Gasteiger partial charge is 0.456 e. The lowest BCUT2D eigenvalue weighted by Crippen LogP contribution is -2.12. The first kappa shape index (κ1) is 13.6. The quantitative estimate of drug-likeness (QED) is 0.885. The summed E-state index contributed by atoms with van der Waals surface area (Å²) < 4.78 is 20.3. The normalized spacial score (nSPS) is 11.3. The minimum absolute atomic E-state index is 0.306. The average molecular weight is 314 g/mol. The van der Waals surface area contributed by atoms with Crippen LogP contribution in [0.2, 0.25) is 0 Å². The van der Waals surface area contributed by atoms with Gasteiger partial charge in [0.2, 0.25) is 0 Å².